The molecule has 3 aliphatic rings. The van der Waals surface area contributed by atoms with E-state index in [9.17, 15) is 0 Å². The van der Waals surface area contributed by atoms with Crippen LogP contribution in [0.25, 0.3) is 0 Å². The average molecular weight is 469 g/mol. The summed E-state index contributed by atoms with van der Waals surface area (Å²) in [7, 11) is 0. The molecule has 0 saturated heterocycles. The first-order chi connectivity index (χ1) is 16.7. The van der Waals surface area contributed by atoms with Crippen molar-refractivity contribution in [3.8, 4) is 0 Å². The van der Waals surface area contributed by atoms with Crippen LogP contribution in [0.15, 0.2) is 12.1 Å². The molecule has 0 aromatic heterocycles. The maximum atomic E-state index is 15.3. The molecule has 0 heterocycles. The van der Waals surface area contributed by atoms with Crippen LogP contribution in [0.3, 0.4) is 0 Å². The molecule has 1 aromatic rings. The lowest BCUT2D eigenvalue weighted by Gasteiger charge is -2.42. The quantitative estimate of drug-likeness (QED) is 0.268. The number of halogens is 1. The molecule has 1 heteroatoms. The minimum atomic E-state index is 0.126. The Balaban J connectivity index is 1.27. The molecule has 0 spiro atoms. The van der Waals surface area contributed by atoms with E-state index >= 15 is 4.39 Å². The topological polar surface area (TPSA) is 0 Å². The van der Waals surface area contributed by atoms with Crippen LogP contribution in [0.2, 0.25) is 0 Å². The van der Waals surface area contributed by atoms with Gasteiger partial charge in [-0.15, -0.1) is 0 Å². The van der Waals surface area contributed by atoms with Crippen molar-refractivity contribution in [3.05, 3.63) is 34.6 Å². The minimum Gasteiger partial charge on any atom is -0.207 e. The fourth-order valence-electron chi connectivity index (χ4n) is 7.85. The summed E-state index contributed by atoms with van der Waals surface area (Å²) < 4.78 is 15.3. The number of benzene rings is 1. The zero-order valence-electron chi connectivity index (χ0n) is 22.6. The lowest BCUT2D eigenvalue weighted by molar-refractivity contribution is 0.113. The Morgan fingerprint density at radius 1 is 0.706 bits per heavy atom. The van der Waals surface area contributed by atoms with Gasteiger partial charge in [-0.25, -0.2) is 4.39 Å². The van der Waals surface area contributed by atoms with Crippen LogP contribution >= 0.6 is 0 Å². The Labute approximate surface area is 210 Å². The highest BCUT2D eigenvalue weighted by atomic mass is 19.1. The molecule has 5 unspecified atom stereocenters. The molecule has 0 N–H and O–H groups in total. The predicted octanol–water partition coefficient (Wildman–Crippen LogP) is 10.6. The monoisotopic (exact) mass is 468 g/mol. The lowest BCUT2D eigenvalue weighted by atomic mass is 9.63. The van der Waals surface area contributed by atoms with Crippen molar-refractivity contribution in [2.24, 2.45) is 23.7 Å². The SMILES string of the molecule is CCCCCCCC1CCc2cc(C3CCC4CC(CCCCCC)CCC4C3)cc(F)c2C1. The van der Waals surface area contributed by atoms with Gasteiger partial charge in [0.05, 0.1) is 0 Å². The Morgan fingerprint density at radius 2 is 1.38 bits per heavy atom. The molecule has 0 aliphatic heterocycles. The standard InChI is InChI=1S/C33H53F/c1-3-5-7-9-11-13-26-15-17-30-23-31(24-33(34)32(30)21-26)29-19-18-27-20-25(12-10-8-6-4-2)14-16-28(27)22-29/h23-29H,3-22H2,1-2H3. The summed E-state index contributed by atoms with van der Waals surface area (Å²) >= 11 is 0. The number of hydrogen-bond acceptors (Lipinski definition) is 0. The van der Waals surface area contributed by atoms with Crippen molar-refractivity contribution in [1.29, 1.82) is 0 Å². The summed E-state index contributed by atoms with van der Waals surface area (Å²) in [5.41, 5.74) is 3.77. The number of rotatable bonds is 12. The van der Waals surface area contributed by atoms with Crippen LogP contribution < -0.4 is 0 Å². The van der Waals surface area contributed by atoms with Gasteiger partial charge in [-0.2, -0.15) is 0 Å². The second-order valence-electron chi connectivity index (χ2n) is 12.5. The molecular formula is C33H53F. The summed E-state index contributed by atoms with van der Waals surface area (Å²) in [5, 5.41) is 0. The molecule has 34 heavy (non-hydrogen) atoms. The van der Waals surface area contributed by atoms with E-state index in [1.807, 2.05) is 6.07 Å². The minimum absolute atomic E-state index is 0.126. The van der Waals surface area contributed by atoms with Gasteiger partial charge in [-0.05, 0) is 104 Å². The zero-order chi connectivity index (χ0) is 23.8. The van der Waals surface area contributed by atoms with Gasteiger partial charge < -0.3 is 0 Å². The van der Waals surface area contributed by atoms with Gasteiger partial charge >= 0.3 is 0 Å². The van der Waals surface area contributed by atoms with Crippen molar-refractivity contribution < 1.29 is 4.39 Å². The first-order valence-electron chi connectivity index (χ1n) is 15.5. The molecule has 192 valence electrons. The summed E-state index contributed by atoms with van der Waals surface area (Å²) in [4.78, 5) is 0. The van der Waals surface area contributed by atoms with Crippen LogP contribution in [0.4, 0.5) is 4.39 Å². The van der Waals surface area contributed by atoms with Crippen LogP contribution in [0.5, 0.6) is 0 Å². The van der Waals surface area contributed by atoms with Crippen molar-refractivity contribution in [1.82, 2.24) is 0 Å². The average Bonchev–Trinajstić information content (AvgIpc) is 2.86. The van der Waals surface area contributed by atoms with Gasteiger partial charge in [0.25, 0.3) is 0 Å². The molecule has 4 rings (SSSR count). The molecular weight excluding hydrogens is 415 g/mol. The van der Waals surface area contributed by atoms with E-state index in [1.165, 1.54) is 127 Å². The second kappa shape index (κ2) is 13.5. The highest BCUT2D eigenvalue weighted by molar-refractivity contribution is 5.37. The van der Waals surface area contributed by atoms with Crippen LogP contribution in [-0.2, 0) is 12.8 Å². The largest absolute Gasteiger partial charge is 0.207 e. The van der Waals surface area contributed by atoms with E-state index in [4.69, 9.17) is 0 Å². The number of aryl methyl sites for hydroxylation is 1. The Hall–Kier alpha value is -0.850. The van der Waals surface area contributed by atoms with Crippen molar-refractivity contribution in [2.75, 3.05) is 0 Å². The molecule has 1 aromatic carbocycles. The normalized spacial score (nSPS) is 29.0. The smallest absolute Gasteiger partial charge is 0.126 e. The summed E-state index contributed by atoms with van der Waals surface area (Å²) in [6.45, 7) is 4.59. The van der Waals surface area contributed by atoms with E-state index < -0.39 is 0 Å². The van der Waals surface area contributed by atoms with Gasteiger partial charge in [0.2, 0.25) is 0 Å². The summed E-state index contributed by atoms with van der Waals surface area (Å²) in [5.74, 6) is 4.31. The molecule has 0 bridgehead atoms. The highest BCUT2D eigenvalue weighted by Gasteiger charge is 2.36. The molecule has 2 fully saturated rings. The van der Waals surface area contributed by atoms with Gasteiger partial charge in [0, 0.05) is 0 Å². The van der Waals surface area contributed by atoms with Crippen LogP contribution in [-0.4, -0.2) is 0 Å². The Morgan fingerprint density at radius 3 is 2.18 bits per heavy atom. The third kappa shape index (κ3) is 7.10. The van der Waals surface area contributed by atoms with Gasteiger partial charge in [-0.1, -0.05) is 97.0 Å². The second-order valence-corrected chi connectivity index (χ2v) is 12.5. The molecule has 5 atom stereocenters. The van der Waals surface area contributed by atoms with Gasteiger partial charge in [-0.3, -0.25) is 0 Å². The van der Waals surface area contributed by atoms with E-state index in [2.05, 4.69) is 19.9 Å². The Bertz CT molecular complexity index is 736. The third-order valence-corrected chi connectivity index (χ3v) is 10.00. The van der Waals surface area contributed by atoms with Crippen LogP contribution in [0, 0.1) is 29.5 Å². The fraction of sp³-hybridized carbons (Fsp3) is 0.818. The molecule has 0 amide bonds. The van der Waals surface area contributed by atoms with E-state index in [0.29, 0.717) is 11.8 Å². The molecule has 0 radical (unpaired) electrons. The van der Waals surface area contributed by atoms with Crippen molar-refractivity contribution in [2.45, 2.75) is 148 Å². The first-order valence-corrected chi connectivity index (χ1v) is 15.5. The molecule has 3 aliphatic carbocycles. The Kier molecular flexibility index (Phi) is 10.4. The van der Waals surface area contributed by atoms with E-state index in [1.54, 1.807) is 0 Å². The number of fused-ring (bicyclic) bond motifs is 2. The lowest BCUT2D eigenvalue weighted by Crippen LogP contribution is -2.30. The van der Waals surface area contributed by atoms with Crippen molar-refractivity contribution in [3.63, 3.8) is 0 Å². The maximum Gasteiger partial charge on any atom is 0.126 e. The predicted molar refractivity (Wildman–Crippen MR) is 145 cm³/mol. The van der Waals surface area contributed by atoms with Gasteiger partial charge in [0.15, 0.2) is 0 Å². The fourth-order valence-corrected chi connectivity index (χ4v) is 7.85. The summed E-state index contributed by atoms with van der Waals surface area (Å²) in [6, 6.07) is 4.41. The highest BCUT2D eigenvalue weighted by Crippen LogP contribution is 2.49. The molecule has 0 nitrogen and oxygen atoms in total. The first kappa shape index (κ1) is 26.2. The summed E-state index contributed by atoms with van der Waals surface area (Å²) in [6.07, 6.45) is 26.9. The number of hydrogen-bond donors (Lipinski definition) is 0. The van der Waals surface area contributed by atoms with Gasteiger partial charge in [0.1, 0.15) is 5.82 Å². The number of unbranched alkanes of at least 4 members (excludes halogenated alkanes) is 7. The maximum absolute atomic E-state index is 15.3. The third-order valence-electron chi connectivity index (χ3n) is 10.00. The van der Waals surface area contributed by atoms with E-state index in [-0.39, 0.29) is 5.82 Å². The van der Waals surface area contributed by atoms with Crippen molar-refractivity contribution >= 4 is 0 Å². The van der Waals surface area contributed by atoms with Crippen LogP contribution in [0.1, 0.15) is 152 Å². The van der Waals surface area contributed by atoms with E-state index in [0.717, 1.165) is 36.2 Å². The zero-order valence-corrected chi connectivity index (χ0v) is 22.6. The molecule has 2 saturated carbocycles.